The number of hydrogen-bond donors (Lipinski definition) is 0. The number of rotatable bonds is 4. The molecule has 1 aliphatic heterocycles. The van der Waals surface area contributed by atoms with Gasteiger partial charge in [0.15, 0.2) is 11.5 Å². The van der Waals surface area contributed by atoms with Crippen LogP contribution in [0.1, 0.15) is 42.5 Å². The van der Waals surface area contributed by atoms with Crippen molar-refractivity contribution < 1.29 is 19.1 Å². The molecule has 1 aromatic carbocycles. The fourth-order valence-corrected chi connectivity index (χ4v) is 3.70. The highest BCUT2D eigenvalue weighted by Gasteiger charge is 2.25. The van der Waals surface area contributed by atoms with Crippen LogP contribution in [0.3, 0.4) is 0 Å². The lowest BCUT2D eigenvalue weighted by atomic mass is 9.94. The van der Waals surface area contributed by atoms with Crippen LogP contribution in [0, 0.1) is 0 Å². The Hall–Kier alpha value is -2.50. The second-order valence-electron chi connectivity index (χ2n) is 7.05. The van der Waals surface area contributed by atoms with Crippen molar-refractivity contribution in [3.63, 3.8) is 0 Å². The van der Waals surface area contributed by atoms with Crippen LogP contribution in [-0.2, 0) is 4.79 Å². The highest BCUT2D eigenvalue weighted by molar-refractivity contribution is 5.95. The average Bonchev–Trinajstić information content (AvgIpc) is 2.73. The summed E-state index contributed by atoms with van der Waals surface area (Å²) in [5.41, 5.74) is 1.84. The number of amides is 2. The van der Waals surface area contributed by atoms with E-state index in [-0.39, 0.29) is 11.8 Å². The van der Waals surface area contributed by atoms with Gasteiger partial charge in [-0.05, 0) is 43.9 Å². The quantitative estimate of drug-likeness (QED) is 0.763. The molecule has 2 amide bonds. The number of carbonyl (C=O) groups excluding carboxylic acids is 2. The standard InChI is InChI=1S/C21H28N2O4/c1-26-18-9-8-17(15-19(18)27-2)21(25)23-12-10-22(11-13-23)20(24)14-16-6-4-3-5-7-16/h8-9,14-15H,3-7,10-13H2,1-2H3. The van der Waals surface area contributed by atoms with Crippen molar-refractivity contribution in [2.24, 2.45) is 0 Å². The molecule has 0 bridgehead atoms. The highest BCUT2D eigenvalue weighted by Crippen LogP contribution is 2.28. The van der Waals surface area contributed by atoms with Crippen LogP contribution in [-0.4, -0.2) is 62.0 Å². The van der Waals surface area contributed by atoms with E-state index in [4.69, 9.17) is 9.47 Å². The van der Waals surface area contributed by atoms with E-state index in [9.17, 15) is 9.59 Å². The molecule has 6 heteroatoms. The van der Waals surface area contributed by atoms with E-state index in [0.717, 1.165) is 12.8 Å². The average molecular weight is 372 g/mol. The lowest BCUT2D eigenvalue weighted by Gasteiger charge is -2.34. The van der Waals surface area contributed by atoms with Gasteiger partial charge in [-0.15, -0.1) is 0 Å². The molecule has 2 aliphatic rings. The monoisotopic (exact) mass is 372 g/mol. The van der Waals surface area contributed by atoms with Crippen molar-refractivity contribution in [2.75, 3.05) is 40.4 Å². The maximum Gasteiger partial charge on any atom is 0.254 e. The van der Waals surface area contributed by atoms with Crippen LogP contribution < -0.4 is 9.47 Å². The fourth-order valence-electron chi connectivity index (χ4n) is 3.70. The van der Waals surface area contributed by atoms with Gasteiger partial charge in [0.2, 0.25) is 5.91 Å². The van der Waals surface area contributed by atoms with Crippen molar-refractivity contribution in [3.8, 4) is 11.5 Å². The molecule has 1 aromatic rings. The third-order valence-corrected chi connectivity index (χ3v) is 5.33. The molecule has 2 fully saturated rings. The van der Waals surface area contributed by atoms with E-state index >= 15 is 0 Å². The molecule has 1 saturated heterocycles. The smallest absolute Gasteiger partial charge is 0.254 e. The Balaban J connectivity index is 1.58. The number of benzene rings is 1. The summed E-state index contributed by atoms with van der Waals surface area (Å²) in [5, 5.41) is 0. The Kier molecular flexibility index (Phi) is 6.37. The summed E-state index contributed by atoms with van der Waals surface area (Å²) in [4.78, 5) is 28.9. The predicted molar refractivity (Wildman–Crippen MR) is 103 cm³/mol. The predicted octanol–water partition coefficient (Wildman–Crippen LogP) is 2.88. The van der Waals surface area contributed by atoms with E-state index in [1.807, 2.05) is 11.0 Å². The van der Waals surface area contributed by atoms with Gasteiger partial charge < -0.3 is 19.3 Å². The molecular formula is C21H28N2O4. The number of ether oxygens (including phenoxy) is 2. The molecule has 0 spiro atoms. The van der Waals surface area contributed by atoms with Crippen molar-refractivity contribution in [1.29, 1.82) is 0 Å². The van der Waals surface area contributed by atoms with Gasteiger partial charge in [-0.2, -0.15) is 0 Å². The molecule has 27 heavy (non-hydrogen) atoms. The van der Waals surface area contributed by atoms with Gasteiger partial charge in [0.25, 0.3) is 5.91 Å². The Morgan fingerprint density at radius 1 is 0.889 bits per heavy atom. The highest BCUT2D eigenvalue weighted by atomic mass is 16.5. The zero-order valence-corrected chi connectivity index (χ0v) is 16.2. The van der Waals surface area contributed by atoms with Crippen LogP contribution in [0.25, 0.3) is 0 Å². The second-order valence-corrected chi connectivity index (χ2v) is 7.05. The number of piperazine rings is 1. The van der Waals surface area contributed by atoms with Crippen LogP contribution in [0.2, 0.25) is 0 Å². The van der Waals surface area contributed by atoms with E-state index < -0.39 is 0 Å². The number of hydrogen-bond acceptors (Lipinski definition) is 4. The summed E-state index contributed by atoms with van der Waals surface area (Å²) in [6, 6.07) is 5.18. The third kappa shape index (κ3) is 4.62. The van der Waals surface area contributed by atoms with E-state index in [1.54, 1.807) is 37.3 Å². The Morgan fingerprint density at radius 3 is 2.15 bits per heavy atom. The number of carbonyl (C=O) groups is 2. The van der Waals surface area contributed by atoms with Gasteiger partial charge in [0.05, 0.1) is 14.2 Å². The van der Waals surface area contributed by atoms with Crippen molar-refractivity contribution in [2.45, 2.75) is 32.1 Å². The zero-order chi connectivity index (χ0) is 19.2. The third-order valence-electron chi connectivity index (χ3n) is 5.33. The molecule has 0 radical (unpaired) electrons. The van der Waals surface area contributed by atoms with Crippen LogP contribution in [0.5, 0.6) is 11.5 Å². The molecule has 6 nitrogen and oxygen atoms in total. The van der Waals surface area contributed by atoms with Gasteiger partial charge in [-0.3, -0.25) is 9.59 Å². The van der Waals surface area contributed by atoms with Gasteiger partial charge in [0.1, 0.15) is 0 Å². The van der Waals surface area contributed by atoms with E-state index in [0.29, 0.717) is 43.2 Å². The second kappa shape index (κ2) is 8.93. The minimum atomic E-state index is -0.0475. The first kappa shape index (κ1) is 19.3. The van der Waals surface area contributed by atoms with Gasteiger partial charge in [-0.1, -0.05) is 12.0 Å². The topological polar surface area (TPSA) is 59.1 Å². The summed E-state index contributed by atoms with van der Waals surface area (Å²) in [7, 11) is 3.12. The summed E-state index contributed by atoms with van der Waals surface area (Å²) >= 11 is 0. The van der Waals surface area contributed by atoms with Gasteiger partial charge in [-0.25, -0.2) is 0 Å². The van der Waals surface area contributed by atoms with Crippen molar-refractivity contribution in [3.05, 3.63) is 35.4 Å². The van der Waals surface area contributed by atoms with Crippen molar-refractivity contribution >= 4 is 11.8 Å². The van der Waals surface area contributed by atoms with E-state index in [1.165, 1.54) is 24.8 Å². The molecule has 146 valence electrons. The molecule has 1 saturated carbocycles. The molecule has 0 aromatic heterocycles. The number of methoxy groups -OCH3 is 2. The normalized spacial score (nSPS) is 17.5. The zero-order valence-electron chi connectivity index (χ0n) is 16.2. The Labute approximate surface area is 160 Å². The molecule has 1 aliphatic carbocycles. The lowest BCUT2D eigenvalue weighted by molar-refractivity contribution is -0.127. The Morgan fingerprint density at radius 2 is 1.52 bits per heavy atom. The maximum absolute atomic E-state index is 12.8. The summed E-state index contributed by atoms with van der Waals surface area (Å²) in [5.74, 6) is 1.18. The molecule has 3 rings (SSSR count). The lowest BCUT2D eigenvalue weighted by Crippen LogP contribution is -2.50. The minimum Gasteiger partial charge on any atom is -0.493 e. The van der Waals surface area contributed by atoms with Crippen LogP contribution >= 0.6 is 0 Å². The van der Waals surface area contributed by atoms with Crippen LogP contribution in [0.4, 0.5) is 0 Å². The molecule has 1 heterocycles. The minimum absolute atomic E-state index is 0.0475. The fraction of sp³-hybridized carbons (Fsp3) is 0.524. The molecule has 0 unspecified atom stereocenters. The van der Waals surface area contributed by atoms with Crippen LogP contribution in [0.15, 0.2) is 29.8 Å². The van der Waals surface area contributed by atoms with E-state index in [2.05, 4.69) is 0 Å². The Bertz CT molecular complexity index is 713. The summed E-state index contributed by atoms with van der Waals surface area (Å²) in [6.07, 6.45) is 7.56. The summed E-state index contributed by atoms with van der Waals surface area (Å²) in [6.45, 7) is 2.23. The largest absolute Gasteiger partial charge is 0.493 e. The van der Waals surface area contributed by atoms with Gasteiger partial charge >= 0.3 is 0 Å². The number of allylic oxidation sites excluding steroid dienone is 1. The SMILES string of the molecule is COc1ccc(C(=O)N2CCN(C(=O)C=C3CCCCC3)CC2)cc1OC. The number of nitrogens with zero attached hydrogens (tertiary/aromatic N) is 2. The molecule has 0 atom stereocenters. The van der Waals surface area contributed by atoms with Crippen molar-refractivity contribution in [1.82, 2.24) is 9.80 Å². The maximum atomic E-state index is 12.8. The molecular weight excluding hydrogens is 344 g/mol. The first-order valence-corrected chi connectivity index (χ1v) is 9.62. The first-order chi connectivity index (χ1) is 13.1. The van der Waals surface area contributed by atoms with Gasteiger partial charge in [0, 0.05) is 37.8 Å². The summed E-state index contributed by atoms with van der Waals surface area (Å²) < 4.78 is 10.5. The first-order valence-electron chi connectivity index (χ1n) is 9.62. The molecule has 0 N–H and O–H groups in total.